The zero-order chi connectivity index (χ0) is 37.2. The maximum absolute atomic E-state index is 10.6. The van der Waals surface area contributed by atoms with Gasteiger partial charge in [-0.1, -0.05) is 18.2 Å². The molecule has 0 saturated carbocycles. The van der Waals surface area contributed by atoms with Gasteiger partial charge in [-0.15, -0.1) is 0 Å². The minimum absolute atomic E-state index is 0.940. The second-order valence-corrected chi connectivity index (χ2v) is 9.64. The number of nitrogens with zero attached hydrogens (tertiary/aromatic N) is 5. The molecule has 4 aromatic rings. The summed E-state index contributed by atoms with van der Waals surface area (Å²) in [5, 5.41) is 29.4. The molecule has 0 spiro atoms. The summed E-state index contributed by atoms with van der Waals surface area (Å²) in [6.07, 6.45) is -9.83. The van der Waals surface area contributed by atoms with Gasteiger partial charge in [-0.3, -0.25) is 5.10 Å². The summed E-state index contributed by atoms with van der Waals surface area (Å²) in [5.41, 5.74) is 5.76. The molecule has 2 aromatic heterocycles. The van der Waals surface area contributed by atoms with Crippen LogP contribution in [0.5, 0.6) is 0 Å². The van der Waals surface area contributed by atoms with Crippen molar-refractivity contribution in [2.45, 2.75) is 25.5 Å². The van der Waals surface area contributed by atoms with Crippen LogP contribution in [0.2, 0.25) is 0 Å². The number of carboxylic acids is 3. The first kappa shape index (κ1) is 39.5. The van der Waals surface area contributed by atoms with E-state index in [2.05, 4.69) is 79.4 Å². The van der Waals surface area contributed by atoms with E-state index in [1.165, 1.54) is 11.3 Å². The van der Waals surface area contributed by atoms with Crippen LogP contribution in [0.4, 0.5) is 51.0 Å². The molecule has 266 valence electrons. The Hall–Kier alpha value is -5.63. The lowest BCUT2D eigenvalue weighted by Crippen LogP contribution is -2.47. The summed E-state index contributed by atoms with van der Waals surface area (Å²) >= 11 is 0. The van der Waals surface area contributed by atoms with Gasteiger partial charge in [-0.25, -0.2) is 24.4 Å². The van der Waals surface area contributed by atoms with E-state index in [4.69, 9.17) is 29.7 Å². The number of rotatable bonds is 3. The molecule has 1 aliphatic rings. The normalized spacial score (nSPS) is 13.2. The summed E-state index contributed by atoms with van der Waals surface area (Å²) in [7, 11) is 0. The number of carbonyl (C=O) groups is 3. The fourth-order valence-electron chi connectivity index (χ4n) is 3.88. The molecule has 1 saturated heterocycles. The number of hydrogen-bond donors (Lipinski definition) is 4. The van der Waals surface area contributed by atoms with Crippen molar-refractivity contribution in [2.24, 2.45) is 0 Å². The van der Waals surface area contributed by atoms with Crippen LogP contribution in [0.25, 0.3) is 22.0 Å². The number of anilines is 2. The van der Waals surface area contributed by atoms with Gasteiger partial charge in [0.15, 0.2) is 0 Å². The minimum Gasteiger partial charge on any atom is -0.475 e. The Balaban J connectivity index is 0.000000325. The van der Waals surface area contributed by atoms with Gasteiger partial charge in [0.2, 0.25) is 0 Å². The highest BCUT2D eigenvalue weighted by Crippen LogP contribution is 2.29. The quantitative estimate of drug-likeness (QED) is 0.196. The van der Waals surface area contributed by atoms with E-state index in [0.717, 1.165) is 54.0 Å². The van der Waals surface area contributed by atoms with E-state index in [1.54, 1.807) is 6.33 Å². The molecule has 5 rings (SSSR count). The van der Waals surface area contributed by atoms with Gasteiger partial charge in [0, 0.05) is 49.0 Å². The largest absolute Gasteiger partial charge is 0.490 e. The van der Waals surface area contributed by atoms with Crippen LogP contribution in [0.3, 0.4) is 0 Å². The predicted octanol–water partition coefficient (Wildman–Crippen LogP) is 5.55. The number of benzene rings is 2. The smallest absolute Gasteiger partial charge is 0.475 e. The average Bonchev–Trinajstić information content (AvgIpc) is 3.56. The lowest BCUT2D eigenvalue weighted by Gasteiger charge is -2.37. The number of H-pyrrole nitrogens is 1. The summed E-state index contributed by atoms with van der Waals surface area (Å²) < 4.78 is 95.2. The number of alkyl halides is 9. The molecule has 2 aromatic carbocycles. The van der Waals surface area contributed by atoms with Crippen molar-refractivity contribution in [3.63, 3.8) is 0 Å². The highest BCUT2D eigenvalue weighted by atomic mass is 19.4. The van der Waals surface area contributed by atoms with E-state index in [1.807, 2.05) is 12.4 Å². The number of fused-ring (bicyclic) bond motifs is 1. The molecule has 21 heteroatoms. The molecule has 12 nitrogen and oxygen atoms in total. The van der Waals surface area contributed by atoms with Crippen molar-refractivity contribution in [2.75, 3.05) is 36.0 Å². The molecule has 49 heavy (non-hydrogen) atoms. The number of halogens is 9. The first-order valence-electron chi connectivity index (χ1n) is 13.3. The summed E-state index contributed by atoms with van der Waals surface area (Å²) in [6, 6.07) is 15.0. The van der Waals surface area contributed by atoms with Gasteiger partial charge in [0.05, 0.1) is 11.7 Å². The van der Waals surface area contributed by atoms with Crippen LogP contribution in [0.1, 0.15) is 5.56 Å². The Labute approximate surface area is 269 Å². The van der Waals surface area contributed by atoms with Gasteiger partial charge >= 0.3 is 36.4 Å². The molecule has 0 radical (unpaired) electrons. The molecule has 0 atom stereocenters. The summed E-state index contributed by atoms with van der Waals surface area (Å²) in [4.78, 5) is 40.6. The third kappa shape index (κ3) is 12.5. The molecule has 1 aliphatic heterocycles. The zero-order valence-corrected chi connectivity index (χ0v) is 24.8. The fraction of sp³-hybridized carbons (Fsp3) is 0.286. The second kappa shape index (κ2) is 16.5. The van der Waals surface area contributed by atoms with Crippen LogP contribution in [-0.2, 0) is 14.4 Å². The van der Waals surface area contributed by atoms with Crippen LogP contribution >= 0.6 is 0 Å². The SMILES string of the molecule is Cc1cccc(N2CCN(c3ncnc4ccc(-c5cn[nH]c5)cc34)CC2)c1.O=C(O)C(F)(F)F.O=C(O)C(F)(F)F.O=C(O)C(F)(F)F. The predicted molar refractivity (Wildman–Crippen MR) is 154 cm³/mol. The minimum atomic E-state index is -5.08. The highest BCUT2D eigenvalue weighted by Gasteiger charge is 2.39. The van der Waals surface area contributed by atoms with E-state index in [-0.39, 0.29) is 0 Å². The van der Waals surface area contributed by atoms with E-state index in [9.17, 15) is 39.5 Å². The molecule has 4 N–H and O–H groups in total. The summed E-state index contributed by atoms with van der Waals surface area (Å²) in [5.74, 6) is -7.26. The molecule has 0 aliphatic carbocycles. The molecule has 1 fully saturated rings. The molecule has 3 heterocycles. The average molecular weight is 713 g/mol. The number of carboxylic acid groups (broad SMARTS) is 3. The molecule has 0 unspecified atom stereocenters. The number of hydrogen-bond acceptors (Lipinski definition) is 8. The van der Waals surface area contributed by atoms with Gasteiger partial charge in [-0.2, -0.15) is 44.6 Å². The van der Waals surface area contributed by atoms with Crippen LogP contribution in [0.15, 0.2) is 61.2 Å². The molecular formula is C28H25F9N6O6. The second-order valence-electron chi connectivity index (χ2n) is 9.64. The number of aryl methyl sites for hydroxylation is 1. The Kier molecular flexibility index (Phi) is 13.3. The van der Waals surface area contributed by atoms with Crippen molar-refractivity contribution in [3.8, 4) is 11.1 Å². The highest BCUT2D eigenvalue weighted by molar-refractivity contribution is 5.93. The van der Waals surface area contributed by atoms with Crippen molar-refractivity contribution in [1.82, 2.24) is 20.2 Å². The number of aromatic amines is 1. The van der Waals surface area contributed by atoms with Gasteiger partial charge in [0.25, 0.3) is 0 Å². The van der Waals surface area contributed by atoms with Crippen LogP contribution in [-0.4, -0.2) is 98.1 Å². The lowest BCUT2D eigenvalue weighted by molar-refractivity contribution is -0.193. The topological polar surface area (TPSA) is 173 Å². The number of aliphatic carboxylic acids is 3. The van der Waals surface area contributed by atoms with E-state index < -0.39 is 36.4 Å². The Bertz CT molecular complexity index is 1650. The number of aromatic nitrogens is 4. The van der Waals surface area contributed by atoms with Gasteiger partial charge in [-0.05, 0) is 42.3 Å². The van der Waals surface area contributed by atoms with Crippen LogP contribution < -0.4 is 9.80 Å². The Morgan fingerprint density at radius 3 is 1.67 bits per heavy atom. The standard InChI is InChI=1S/C22H22N6.3C2HF3O2/c1-16-3-2-4-19(11-16)27-7-9-28(10-8-27)22-20-12-17(18-13-25-26-14-18)5-6-21(20)23-15-24-22;3*3-2(4,5)1(6)7/h2-6,11-15H,7-10H2,1H3,(H,25,26);3*(H,6,7). The van der Waals surface area contributed by atoms with Crippen molar-refractivity contribution in [1.29, 1.82) is 0 Å². The molecular weight excluding hydrogens is 687 g/mol. The number of nitrogens with one attached hydrogen (secondary N) is 1. The maximum Gasteiger partial charge on any atom is 0.490 e. The first-order chi connectivity index (χ1) is 22.6. The van der Waals surface area contributed by atoms with Gasteiger partial charge < -0.3 is 25.1 Å². The summed E-state index contributed by atoms with van der Waals surface area (Å²) in [6.45, 7) is 5.99. The lowest BCUT2D eigenvalue weighted by atomic mass is 10.1. The van der Waals surface area contributed by atoms with Crippen molar-refractivity contribution < 1.29 is 69.2 Å². The fourth-order valence-corrected chi connectivity index (χ4v) is 3.88. The third-order valence-corrected chi connectivity index (χ3v) is 6.12. The zero-order valence-electron chi connectivity index (χ0n) is 24.8. The van der Waals surface area contributed by atoms with Crippen molar-refractivity contribution in [3.05, 3.63) is 66.7 Å². The third-order valence-electron chi connectivity index (χ3n) is 6.12. The number of piperazine rings is 1. The molecule has 0 amide bonds. The van der Waals surface area contributed by atoms with Crippen LogP contribution in [0, 0.1) is 6.92 Å². The maximum atomic E-state index is 10.6. The first-order valence-corrected chi connectivity index (χ1v) is 13.3. The monoisotopic (exact) mass is 712 g/mol. The van der Waals surface area contributed by atoms with Crippen molar-refractivity contribution >= 4 is 40.3 Å². The van der Waals surface area contributed by atoms with E-state index >= 15 is 0 Å². The molecule has 0 bridgehead atoms. The Morgan fingerprint density at radius 2 is 1.22 bits per heavy atom. The van der Waals surface area contributed by atoms with E-state index in [0.29, 0.717) is 0 Å². The Morgan fingerprint density at radius 1 is 0.714 bits per heavy atom. The van der Waals surface area contributed by atoms with Gasteiger partial charge in [0.1, 0.15) is 12.1 Å².